The smallest absolute Gasteiger partial charge is 0.237 e. The van der Waals surface area contributed by atoms with Crippen LogP contribution in [-0.4, -0.2) is 53.1 Å². The number of benzene rings is 1. The van der Waals surface area contributed by atoms with E-state index in [2.05, 4.69) is 0 Å². The van der Waals surface area contributed by atoms with Crippen molar-refractivity contribution in [3.05, 3.63) is 35.6 Å². The van der Waals surface area contributed by atoms with Crippen LogP contribution in [0.4, 0.5) is 4.39 Å². The third kappa shape index (κ3) is 4.79. The lowest BCUT2D eigenvalue weighted by Crippen LogP contribution is -2.45. The molecule has 1 amide bonds. The number of hydrogen-bond acceptors (Lipinski definition) is 3. The second kappa shape index (κ2) is 7.52. The Morgan fingerprint density at radius 2 is 2.33 bits per heavy atom. The molecule has 1 aromatic carbocycles. The zero-order valence-corrected chi connectivity index (χ0v) is 12.5. The van der Waals surface area contributed by atoms with Crippen molar-refractivity contribution in [1.82, 2.24) is 9.80 Å². The normalized spacial score (nSPS) is 19.5. The maximum absolute atomic E-state index is 13.2. The van der Waals surface area contributed by atoms with E-state index in [0.29, 0.717) is 26.2 Å². The zero-order chi connectivity index (χ0) is 15.2. The molecule has 1 N–H and O–H groups in total. The molecular formula is C16H23FN2O2. The van der Waals surface area contributed by atoms with E-state index in [-0.39, 0.29) is 17.8 Å². The van der Waals surface area contributed by atoms with Crippen molar-refractivity contribution < 1.29 is 14.3 Å². The van der Waals surface area contributed by atoms with Crippen LogP contribution >= 0.6 is 0 Å². The highest BCUT2D eigenvalue weighted by atomic mass is 19.1. The van der Waals surface area contributed by atoms with Crippen LogP contribution in [0.5, 0.6) is 0 Å². The molecule has 1 heterocycles. The number of β-amino-alcohol motifs (C(OH)–C–C–N with tert-alkyl or cyclic N) is 1. The van der Waals surface area contributed by atoms with E-state index in [1.807, 2.05) is 17.9 Å². The molecule has 1 aromatic rings. The lowest BCUT2D eigenvalue weighted by Gasteiger charge is -2.31. The standard InChI is InChI=1S/C16H23FN2O2/c1-2-19(10-13-5-3-6-14(17)9-13)16(21)12-18-8-4-7-15(20)11-18/h3,5-6,9,15,20H,2,4,7-8,10-12H2,1H3. The molecule has 1 unspecified atom stereocenters. The summed E-state index contributed by atoms with van der Waals surface area (Å²) < 4.78 is 13.2. The number of carbonyl (C=O) groups excluding carboxylic acids is 1. The van der Waals surface area contributed by atoms with Gasteiger partial charge in [0.15, 0.2) is 0 Å². The Morgan fingerprint density at radius 1 is 1.52 bits per heavy atom. The fourth-order valence-corrected chi connectivity index (χ4v) is 2.70. The van der Waals surface area contributed by atoms with Gasteiger partial charge in [0, 0.05) is 19.6 Å². The predicted molar refractivity (Wildman–Crippen MR) is 79.2 cm³/mol. The topological polar surface area (TPSA) is 43.8 Å². The Balaban J connectivity index is 1.92. The first kappa shape index (κ1) is 15.9. The quantitative estimate of drug-likeness (QED) is 0.897. The Kier molecular flexibility index (Phi) is 5.70. The molecule has 2 rings (SSSR count). The molecule has 5 heteroatoms. The largest absolute Gasteiger partial charge is 0.392 e. The Bertz CT molecular complexity index is 481. The highest BCUT2D eigenvalue weighted by Gasteiger charge is 2.22. The number of rotatable bonds is 5. The molecule has 1 aliphatic heterocycles. The predicted octanol–water partition coefficient (Wildman–Crippen LogP) is 1.63. The van der Waals surface area contributed by atoms with Crippen LogP contribution in [0.3, 0.4) is 0 Å². The van der Waals surface area contributed by atoms with Gasteiger partial charge in [0.05, 0.1) is 12.6 Å². The first-order chi connectivity index (χ1) is 10.1. The number of hydrogen-bond donors (Lipinski definition) is 1. The lowest BCUT2D eigenvalue weighted by molar-refractivity contribution is -0.133. The first-order valence-corrected chi connectivity index (χ1v) is 7.51. The van der Waals surface area contributed by atoms with Crippen LogP contribution in [0, 0.1) is 5.82 Å². The van der Waals surface area contributed by atoms with Gasteiger partial charge < -0.3 is 10.0 Å². The lowest BCUT2D eigenvalue weighted by atomic mass is 10.1. The van der Waals surface area contributed by atoms with Crippen molar-refractivity contribution in [2.75, 3.05) is 26.2 Å². The number of likely N-dealkylation sites (tertiary alicyclic amines) is 1. The third-order valence-corrected chi connectivity index (χ3v) is 3.84. The molecule has 1 fully saturated rings. The highest BCUT2D eigenvalue weighted by Crippen LogP contribution is 2.11. The molecule has 1 saturated heterocycles. The van der Waals surface area contributed by atoms with E-state index in [9.17, 15) is 14.3 Å². The zero-order valence-electron chi connectivity index (χ0n) is 12.5. The summed E-state index contributed by atoms with van der Waals surface area (Å²) in [7, 11) is 0. The number of aliphatic hydroxyl groups excluding tert-OH is 1. The summed E-state index contributed by atoms with van der Waals surface area (Å²) >= 11 is 0. The van der Waals surface area contributed by atoms with Crippen molar-refractivity contribution in [3.63, 3.8) is 0 Å². The van der Waals surface area contributed by atoms with Gasteiger partial charge in [-0.3, -0.25) is 9.69 Å². The first-order valence-electron chi connectivity index (χ1n) is 7.51. The summed E-state index contributed by atoms with van der Waals surface area (Å²) in [6.07, 6.45) is 1.40. The maximum Gasteiger partial charge on any atom is 0.237 e. The van der Waals surface area contributed by atoms with Crippen molar-refractivity contribution >= 4 is 5.91 Å². The number of piperidine rings is 1. The minimum absolute atomic E-state index is 0.0239. The van der Waals surface area contributed by atoms with Crippen molar-refractivity contribution in [3.8, 4) is 0 Å². The van der Waals surface area contributed by atoms with Crippen molar-refractivity contribution in [1.29, 1.82) is 0 Å². The summed E-state index contributed by atoms with van der Waals surface area (Å²) in [5, 5.41) is 9.65. The van der Waals surface area contributed by atoms with Gasteiger partial charge in [0.1, 0.15) is 5.82 Å². The van der Waals surface area contributed by atoms with Crippen molar-refractivity contribution in [2.45, 2.75) is 32.4 Å². The number of amides is 1. The van der Waals surface area contributed by atoms with Crippen LogP contribution in [0.1, 0.15) is 25.3 Å². The monoisotopic (exact) mass is 294 g/mol. The molecule has 0 aromatic heterocycles. The average molecular weight is 294 g/mol. The van der Waals surface area contributed by atoms with Gasteiger partial charge in [-0.15, -0.1) is 0 Å². The fourth-order valence-electron chi connectivity index (χ4n) is 2.70. The fraction of sp³-hybridized carbons (Fsp3) is 0.562. The second-order valence-electron chi connectivity index (χ2n) is 5.57. The number of aliphatic hydroxyl groups is 1. The molecule has 0 saturated carbocycles. The Labute approximate surface area is 125 Å². The van der Waals surface area contributed by atoms with E-state index >= 15 is 0 Å². The summed E-state index contributed by atoms with van der Waals surface area (Å²) in [4.78, 5) is 16.1. The van der Waals surface area contributed by atoms with Crippen LogP contribution < -0.4 is 0 Å². The molecule has 0 spiro atoms. The number of nitrogens with zero attached hydrogens (tertiary/aromatic N) is 2. The molecule has 4 nitrogen and oxygen atoms in total. The molecule has 1 aliphatic rings. The summed E-state index contributed by atoms with van der Waals surface area (Å²) in [5.41, 5.74) is 0.795. The molecular weight excluding hydrogens is 271 g/mol. The second-order valence-corrected chi connectivity index (χ2v) is 5.57. The summed E-state index contributed by atoms with van der Waals surface area (Å²) in [5.74, 6) is -0.258. The van der Waals surface area contributed by atoms with Gasteiger partial charge in [-0.2, -0.15) is 0 Å². The maximum atomic E-state index is 13.2. The third-order valence-electron chi connectivity index (χ3n) is 3.84. The number of carbonyl (C=O) groups is 1. The van der Waals surface area contributed by atoms with Crippen LogP contribution in [-0.2, 0) is 11.3 Å². The van der Waals surface area contributed by atoms with E-state index in [1.165, 1.54) is 12.1 Å². The van der Waals surface area contributed by atoms with Gasteiger partial charge in [0.2, 0.25) is 5.91 Å². The van der Waals surface area contributed by atoms with Gasteiger partial charge in [-0.05, 0) is 44.0 Å². The minimum atomic E-state index is -0.329. The van der Waals surface area contributed by atoms with E-state index in [1.54, 1.807) is 11.0 Å². The van der Waals surface area contributed by atoms with Gasteiger partial charge >= 0.3 is 0 Å². The average Bonchev–Trinajstić information content (AvgIpc) is 2.44. The van der Waals surface area contributed by atoms with Crippen LogP contribution in [0.15, 0.2) is 24.3 Å². The van der Waals surface area contributed by atoms with Gasteiger partial charge in [0.25, 0.3) is 0 Å². The van der Waals surface area contributed by atoms with E-state index in [4.69, 9.17) is 0 Å². The minimum Gasteiger partial charge on any atom is -0.392 e. The highest BCUT2D eigenvalue weighted by molar-refractivity contribution is 5.78. The van der Waals surface area contributed by atoms with Gasteiger partial charge in [-0.25, -0.2) is 4.39 Å². The SMILES string of the molecule is CCN(Cc1cccc(F)c1)C(=O)CN1CCCC(O)C1. The Hall–Kier alpha value is -1.46. The molecule has 0 aliphatic carbocycles. The number of likely N-dealkylation sites (N-methyl/N-ethyl adjacent to an activating group) is 1. The molecule has 116 valence electrons. The van der Waals surface area contributed by atoms with Crippen LogP contribution in [0.2, 0.25) is 0 Å². The van der Waals surface area contributed by atoms with E-state index < -0.39 is 0 Å². The molecule has 0 bridgehead atoms. The van der Waals surface area contributed by atoms with Crippen LogP contribution in [0.25, 0.3) is 0 Å². The number of halogens is 1. The molecule has 1 atom stereocenters. The molecule has 21 heavy (non-hydrogen) atoms. The van der Waals surface area contributed by atoms with E-state index in [0.717, 1.165) is 24.9 Å². The Morgan fingerprint density at radius 3 is 3.00 bits per heavy atom. The van der Waals surface area contributed by atoms with Gasteiger partial charge in [-0.1, -0.05) is 12.1 Å². The summed E-state index contributed by atoms with van der Waals surface area (Å²) in [6.45, 7) is 4.65. The molecule has 0 radical (unpaired) electrons. The summed E-state index contributed by atoms with van der Waals surface area (Å²) in [6, 6.07) is 6.34. The van der Waals surface area contributed by atoms with Crippen molar-refractivity contribution in [2.24, 2.45) is 0 Å².